The van der Waals surface area contributed by atoms with E-state index >= 15 is 0 Å². The van der Waals surface area contributed by atoms with Crippen LogP contribution in [0.2, 0.25) is 0 Å². The number of benzene rings is 2. The number of nitrogens with one attached hydrogen (secondary N) is 1. The van der Waals surface area contributed by atoms with E-state index in [0.717, 1.165) is 11.1 Å². The van der Waals surface area contributed by atoms with Gasteiger partial charge in [-0.25, -0.2) is 0 Å². The number of rotatable bonds is 5. The maximum atomic E-state index is 12.3. The van der Waals surface area contributed by atoms with Crippen molar-refractivity contribution in [2.75, 3.05) is 20.0 Å². The fourth-order valence-electron chi connectivity index (χ4n) is 2.46. The van der Waals surface area contributed by atoms with E-state index in [4.69, 9.17) is 15.2 Å². The fraction of sp³-hybridized carbons (Fsp3) is 0.278. The van der Waals surface area contributed by atoms with Crippen molar-refractivity contribution in [2.24, 2.45) is 0 Å². The Labute approximate surface area is 148 Å². The van der Waals surface area contributed by atoms with Crippen molar-refractivity contribution in [3.63, 3.8) is 0 Å². The third-order valence-electron chi connectivity index (χ3n) is 3.76. The molecular formula is C18H23ClN2O3. The molecule has 2 rings (SSSR count). The van der Waals surface area contributed by atoms with Gasteiger partial charge in [0.2, 0.25) is 0 Å². The molecule has 5 nitrogen and oxygen atoms in total. The SMILES string of the molecule is COc1cc(C)c(C(C)NC(=O)c2ccc(N)cc2)cc1OC.Cl. The lowest BCUT2D eigenvalue weighted by atomic mass is 10.0. The number of hydrogen-bond donors (Lipinski definition) is 2. The molecule has 0 radical (unpaired) electrons. The molecule has 2 aromatic rings. The third-order valence-corrected chi connectivity index (χ3v) is 3.76. The minimum Gasteiger partial charge on any atom is -0.493 e. The minimum absolute atomic E-state index is 0. The van der Waals surface area contributed by atoms with Crippen LogP contribution in [0.15, 0.2) is 36.4 Å². The summed E-state index contributed by atoms with van der Waals surface area (Å²) >= 11 is 0. The summed E-state index contributed by atoms with van der Waals surface area (Å²) in [5, 5.41) is 2.99. The van der Waals surface area contributed by atoms with Crippen LogP contribution < -0.4 is 20.5 Å². The summed E-state index contributed by atoms with van der Waals surface area (Å²) < 4.78 is 10.6. The lowest BCUT2D eigenvalue weighted by Crippen LogP contribution is -2.27. The number of carbonyl (C=O) groups excluding carboxylic acids is 1. The molecule has 0 saturated carbocycles. The summed E-state index contributed by atoms with van der Waals surface area (Å²) in [4.78, 5) is 12.3. The monoisotopic (exact) mass is 350 g/mol. The second-order valence-electron chi connectivity index (χ2n) is 5.38. The Hall–Kier alpha value is -2.40. The van der Waals surface area contributed by atoms with Crippen LogP contribution in [-0.2, 0) is 0 Å². The topological polar surface area (TPSA) is 73.6 Å². The van der Waals surface area contributed by atoms with Gasteiger partial charge in [-0.15, -0.1) is 12.4 Å². The quantitative estimate of drug-likeness (QED) is 0.809. The van der Waals surface area contributed by atoms with Crippen molar-refractivity contribution in [2.45, 2.75) is 19.9 Å². The number of hydrogen-bond acceptors (Lipinski definition) is 4. The van der Waals surface area contributed by atoms with Crippen LogP contribution in [0, 0.1) is 6.92 Å². The van der Waals surface area contributed by atoms with E-state index in [1.807, 2.05) is 26.0 Å². The Morgan fingerprint density at radius 2 is 1.62 bits per heavy atom. The van der Waals surface area contributed by atoms with Crippen molar-refractivity contribution in [1.82, 2.24) is 5.32 Å². The molecule has 1 atom stereocenters. The van der Waals surface area contributed by atoms with Crippen molar-refractivity contribution in [1.29, 1.82) is 0 Å². The maximum Gasteiger partial charge on any atom is 0.251 e. The molecule has 6 heteroatoms. The molecule has 3 N–H and O–H groups in total. The number of halogens is 1. The van der Waals surface area contributed by atoms with Crippen molar-refractivity contribution < 1.29 is 14.3 Å². The molecule has 0 aromatic heterocycles. The zero-order chi connectivity index (χ0) is 17.0. The van der Waals surface area contributed by atoms with Gasteiger partial charge in [0.1, 0.15) is 0 Å². The van der Waals surface area contributed by atoms with Gasteiger partial charge >= 0.3 is 0 Å². The average Bonchev–Trinajstić information content (AvgIpc) is 2.54. The first-order valence-corrected chi connectivity index (χ1v) is 7.35. The van der Waals surface area contributed by atoms with E-state index in [9.17, 15) is 4.79 Å². The molecule has 1 unspecified atom stereocenters. The lowest BCUT2D eigenvalue weighted by Gasteiger charge is -2.19. The molecule has 0 aliphatic heterocycles. The third kappa shape index (κ3) is 4.32. The zero-order valence-corrected chi connectivity index (χ0v) is 15.1. The lowest BCUT2D eigenvalue weighted by molar-refractivity contribution is 0.0940. The van der Waals surface area contributed by atoms with E-state index < -0.39 is 0 Å². The summed E-state index contributed by atoms with van der Waals surface area (Å²) in [5.41, 5.74) is 8.84. The highest BCUT2D eigenvalue weighted by Gasteiger charge is 2.16. The molecule has 2 aromatic carbocycles. The Bertz CT molecular complexity index is 702. The second-order valence-corrected chi connectivity index (χ2v) is 5.38. The number of anilines is 1. The minimum atomic E-state index is -0.167. The Balaban J connectivity index is 0.00000288. The van der Waals surface area contributed by atoms with Gasteiger partial charge in [0.15, 0.2) is 11.5 Å². The molecule has 0 aliphatic rings. The molecular weight excluding hydrogens is 328 g/mol. The van der Waals surface area contributed by atoms with E-state index in [1.54, 1.807) is 38.5 Å². The predicted octanol–water partition coefficient (Wildman–Crippen LogP) is 3.51. The predicted molar refractivity (Wildman–Crippen MR) is 98.3 cm³/mol. The number of ether oxygens (including phenoxy) is 2. The smallest absolute Gasteiger partial charge is 0.251 e. The van der Waals surface area contributed by atoms with Gasteiger partial charge in [-0.05, 0) is 61.4 Å². The largest absolute Gasteiger partial charge is 0.493 e. The summed E-state index contributed by atoms with van der Waals surface area (Å²) in [6.45, 7) is 3.91. The second kappa shape index (κ2) is 8.45. The standard InChI is InChI=1S/C18H22N2O3.ClH/c1-11-9-16(22-3)17(23-4)10-15(11)12(2)20-18(21)13-5-7-14(19)8-6-13;/h5-10,12H,19H2,1-4H3,(H,20,21);1H. The first-order chi connectivity index (χ1) is 11.0. The highest BCUT2D eigenvalue weighted by molar-refractivity contribution is 5.94. The van der Waals surface area contributed by atoms with Crippen LogP contribution in [-0.4, -0.2) is 20.1 Å². The van der Waals surface area contributed by atoms with Crippen molar-refractivity contribution in [3.05, 3.63) is 53.1 Å². The van der Waals surface area contributed by atoms with Gasteiger partial charge in [0.05, 0.1) is 20.3 Å². The average molecular weight is 351 g/mol. The van der Waals surface area contributed by atoms with Crippen LogP contribution in [0.5, 0.6) is 11.5 Å². The molecule has 0 fully saturated rings. The van der Waals surface area contributed by atoms with Gasteiger partial charge in [-0.2, -0.15) is 0 Å². The number of carbonyl (C=O) groups is 1. The molecule has 0 aliphatic carbocycles. The number of methoxy groups -OCH3 is 2. The summed E-state index contributed by atoms with van der Waals surface area (Å²) in [7, 11) is 3.19. The summed E-state index contributed by atoms with van der Waals surface area (Å²) in [6, 6.07) is 10.5. The Morgan fingerprint density at radius 3 is 2.17 bits per heavy atom. The Morgan fingerprint density at radius 1 is 1.08 bits per heavy atom. The van der Waals surface area contributed by atoms with Gasteiger partial charge in [0, 0.05) is 11.3 Å². The number of nitrogen functional groups attached to an aromatic ring is 1. The normalized spacial score (nSPS) is 11.2. The summed E-state index contributed by atoms with van der Waals surface area (Å²) in [6.07, 6.45) is 0. The van der Waals surface area contributed by atoms with Crippen LogP contribution in [0.1, 0.15) is 34.5 Å². The van der Waals surface area contributed by atoms with Crippen LogP contribution in [0.4, 0.5) is 5.69 Å². The van der Waals surface area contributed by atoms with Crippen LogP contribution in [0.25, 0.3) is 0 Å². The van der Waals surface area contributed by atoms with Crippen LogP contribution >= 0.6 is 12.4 Å². The van der Waals surface area contributed by atoms with Crippen molar-refractivity contribution in [3.8, 4) is 11.5 Å². The molecule has 0 spiro atoms. The first-order valence-electron chi connectivity index (χ1n) is 7.35. The molecule has 0 bridgehead atoms. The van der Waals surface area contributed by atoms with E-state index in [0.29, 0.717) is 22.7 Å². The van der Waals surface area contributed by atoms with Crippen molar-refractivity contribution >= 4 is 24.0 Å². The molecule has 1 amide bonds. The van der Waals surface area contributed by atoms with Gasteiger partial charge in [-0.3, -0.25) is 4.79 Å². The molecule has 24 heavy (non-hydrogen) atoms. The first kappa shape index (κ1) is 19.6. The molecule has 0 heterocycles. The van der Waals surface area contributed by atoms with E-state index in [1.165, 1.54) is 0 Å². The van der Waals surface area contributed by atoms with Gasteiger partial charge < -0.3 is 20.5 Å². The highest BCUT2D eigenvalue weighted by atomic mass is 35.5. The molecule has 0 saturated heterocycles. The highest BCUT2D eigenvalue weighted by Crippen LogP contribution is 2.32. The van der Waals surface area contributed by atoms with Crippen LogP contribution in [0.3, 0.4) is 0 Å². The Kier molecular flexibility index (Phi) is 6.92. The number of nitrogens with two attached hydrogens (primary N) is 1. The zero-order valence-electron chi connectivity index (χ0n) is 14.3. The fourth-order valence-corrected chi connectivity index (χ4v) is 2.46. The molecule has 130 valence electrons. The van der Waals surface area contributed by atoms with Gasteiger partial charge in [0.25, 0.3) is 5.91 Å². The number of aryl methyl sites for hydroxylation is 1. The van der Waals surface area contributed by atoms with E-state index in [2.05, 4.69) is 5.32 Å². The number of amides is 1. The maximum absolute atomic E-state index is 12.3. The van der Waals surface area contributed by atoms with Gasteiger partial charge in [-0.1, -0.05) is 0 Å². The summed E-state index contributed by atoms with van der Waals surface area (Å²) in [5.74, 6) is 1.17. The van der Waals surface area contributed by atoms with E-state index in [-0.39, 0.29) is 24.4 Å².